The van der Waals surface area contributed by atoms with Gasteiger partial charge in [0.15, 0.2) is 5.75 Å². The summed E-state index contributed by atoms with van der Waals surface area (Å²) in [5.74, 6) is -0.152. The zero-order valence-corrected chi connectivity index (χ0v) is 16.9. The standard InChI is InChI=1S/C22H29N3O4/c1-23-18(14-24-7-10-28-11-8-24)13-20(26)22(27)19(23)15-25-9-12-29-21(16-25)17-5-3-2-4-6-17/h2-6,13,21,27H,7-12,14-16H2,1H3/t21-/m0/s1. The summed E-state index contributed by atoms with van der Waals surface area (Å²) >= 11 is 0. The molecule has 1 aromatic carbocycles. The van der Waals surface area contributed by atoms with E-state index in [1.807, 2.05) is 29.8 Å². The molecule has 2 aliphatic rings. The average molecular weight is 399 g/mol. The van der Waals surface area contributed by atoms with Crippen molar-refractivity contribution in [3.8, 4) is 5.75 Å². The molecule has 29 heavy (non-hydrogen) atoms. The zero-order chi connectivity index (χ0) is 20.2. The summed E-state index contributed by atoms with van der Waals surface area (Å²) in [4.78, 5) is 17.0. The topological polar surface area (TPSA) is 67.2 Å². The fourth-order valence-electron chi connectivity index (χ4n) is 4.04. The third-order valence-corrected chi connectivity index (χ3v) is 5.82. The molecule has 0 saturated carbocycles. The molecule has 0 amide bonds. The largest absolute Gasteiger partial charge is 0.503 e. The first kappa shape index (κ1) is 20.1. The lowest BCUT2D eigenvalue weighted by Crippen LogP contribution is -2.39. The summed E-state index contributed by atoms with van der Waals surface area (Å²) in [5.41, 5.74) is 2.41. The normalized spacial score (nSPS) is 21.3. The highest BCUT2D eigenvalue weighted by Crippen LogP contribution is 2.25. The van der Waals surface area contributed by atoms with Crippen molar-refractivity contribution >= 4 is 0 Å². The van der Waals surface area contributed by atoms with E-state index in [2.05, 4.69) is 21.9 Å². The van der Waals surface area contributed by atoms with Gasteiger partial charge in [0.05, 0.1) is 31.6 Å². The van der Waals surface area contributed by atoms with Crippen LogP contribution in [-0.2, 0) is 29.6 Å². The van der Waals surface area contributed by atoms with E-state index < -0.39 is 0 Å². The molecule has 4 rings (SSSR count). The van der Waals surface area contributed by atoms with Gasteiger partial charge in [0.25, 0.3) is 0 Å². The minimum atomic E-state index is -0.311. The first-order chi connectivity index (χ1) is 14.1. The lowest BCUT2D eigenvalue weighted by molar-refractivity contribution is -0.0338. The average Bonchev–Trinajstić information content (AvgIpc) is 2.76. The van der Waals surface area contributed by atoms with E-state index in [0.717, 1.165) is 37.4 Å². The Morgan fingerprint density at radius 2 is 1.76 bits per heavy atom. The molecule has 7 heteroatoms. The van der Waals surface area contributed by atoms with Crippen molar-refractivity contribution in [1.29, 1.82) is 0 Å². The molecule has 1 N–H and O–H groups in total. The van der Waals surface area contributed by atoms with Crippen LogP contribution in [0.2, 0.25) is 0 Å². The van der Waals surface area contributed by atoms with Crippen LogP contribution in [0.4, 0.5) is 0 Å². The molecule has 2 fully saturated rings. The van der Waals surface area contributed by atoms with Crippen LogP contribution in [-0.4, -0.2) is 65.5 Å². The molecule has 2 saturated heterocycles. The van der Waals surface area contributed by atoms with Crippen LogP contribution in [0.15, 0.2) is 41.2 Å². The van der Waals surface area contributed by atoms with Gasteiger partial charge in [0.1, 0.15) is 0 Å². The minimum Gasteiger partial charge on any atom is -0.503 e. The van der Waals surface area contributed by atoms with Crippen LogP contribution >= 0.6 is 0 Å². The maximum absolute atomic E-state index is 12.4. The van der Waals surface area contributed by atoms with Crippen molar-refractivity contribution in [2.75, 3.05) is 46.0 Å². The van der Waals surface area contributed by atoms with E-state index in [0.29, 0.717) is 38.6 Å². The molecule has 1 aromatic heterocycles. The molecule has 2 aromatic rings. The van der Waals surface area contributed by atoms with Crippen molar-refractivity contribution in [3.05, 3.63) is 63.6 Å². The van der Waals surface area contributed by atoms with Gasteiger partial charge in [0.2, 0.25) is 5.43 Å². The molecular formula is C22H29N3O4. The molecule has 0 spiro atoms. The van der Waals surface area contributed by atoms with E-state index in [1.54, 1.807) is 6.07 Å². The molecule has 0 unspecified atom stereocenters. The second kappa shape index (κ2) is 9.09. The summed E-state index contributed by atoms with van der Waals surface area (Å²) in [6, 6.07) is 11.7. The summed E-state index contributed by atoms with van der Waals surface area (Å²) in [6.45, 7) is 6.46. The number of hydrogen-bond acceptors (Lipinski definition) is 6. The summed E-state index contributed by atoms with van der Waals surface area (Å²) in [6.07, 6.45) is 0.000605. The molecular weight excluding hydrogens is 370 g/mol. The molecule has 0 aliphatic carbocycles. The van der Waals surface area contributed by atoms with Crippen molar-refractivity contribution in [3.63, 3.8) is 0 Å². The molecule has 0 radical (unpaired) electrons. The number of aromatic nitrogens is 1. The highest BCUT2D eigenvalue weighted by molar-refractivity contribution is 5.30. The second-order valence-corrected chi connectivity index (χ2v) is 7.75. The molecule has 3 heterocycles. The second-order valence-electron chi connectivity index (χ2n) is 7.75. The van der Waals surface area contributed by atoms with Gasteiger partial charge < -0.3 is 19.1 Å². The predicted molar refractivity (Wildman–Crippen MR) is 110 cm³/mol. The third kappa shape index (κ3) is 4.70. The fourth-order valence-corrected chi connectivity index (χ4v) is 4.04. The monoisotopic (exact) mass is 399 g/mol. The van der Waals surface area contributed by atoms with Crippen molar-refractivity contribution in [2.24, 2.45) is 7.05 Å². The van der Waals surface area contributed by atoms with Gasteiger partial charge in [-0.2, -0.15) is 0 Å². The van der Waals surface area contributed by atoms with Crippen LogP contribution in [0.1, 0.15) is 23.1 Å². The minimum absolute atomic E-state index is 0.000605. The molecule has 7 nitrogen and oxygen atoms in total. The zero-order valence-electron chi connectivity index (χ0n) is 16.9. The van der Waals surface area contributed by atoms with Crippen molar-refractivity contribution in [1.82, 2.24) is 14.4 Å². The van der Waals surface area contributed by atoms with E-state index in [1.165, 1.54) is 0 Å². The van der Waals surface area contributed by atoms with E-state index in [4.69, 9.17) is 9.47 Å². The Balaban J connectivity index is 1.52. The lowest BCUT2D eigenvalue weighted by atomic mass is 10.1. The van der Waals surface area contributed by atoms with E-state index in [9.17, 15) is 9.90 Å². The van der Waals surface area contributed by atoms with Gasteiger partial charge in [-0.15, -0.1) is 0 Å². The number of rotatable bonds is 5. The quantitative estimate of drug-likeness (QED) is 0.822. The Morgan fingerprint density at radius 1 is 1.03 bits per heavy atom. The van der Waals surface area contributed by atoms with Gasteiger partial charge in [-0.1, -0.05) is 30.3 Å². The van der Waals surface area contributed by atoms with Crippen molar-refractivity contribution < 1.29 is 14.6 Å². The number of morpholine rings is 2. The van der Waals surface area contributed by atoms with Crippen LogP contribution in [0.3, 0.4) is 0 Å². The summed E-state index contributed by atoms with van der Waals surface area (Å²) in [5, 5.41) is 10.5. The van der Waals surface area contributed by atoms with Crippen molar-refractivity contribution in [2.45, 2.75) is 19.2 Å². The van der Waals surface area contributed by atoms with Gasteiger partial charge >= 0.3 is 0 Å². The van der Waals surface area contributed by atoms with Crippen LogP contribution in [0.25, 0.3) is 0 Å². The number of nitrogens with zero attached hydrogens (tertiary/aromatic N) is 3. The highest BCUT2D eigenvalue weighted by Gasteiger charge is 2.24. The SMILES string of the molecule is Cn1c(CN2CCOCC2)cc(=O)c(O)c1CN1CCO[C@H](c2ccccc2)C1. The molecule has 156 valence electrons. The Kier molecular flexibility index (Phi) is 6.30. The van der Waals surface area contributed by atoms with Crippen LogP contribution in [0.5, 0.6) is 5.75 Å². The maximum atomic E-state index is 12.4. The number of aromatic hydroxyl groups is 1. The van der Waals surface area contributed by atoms with E-state index in [-0.39, 0.29) is 17.3 Å². The Bertz CT molecular complexity index is 878. The first-order valence-corrected chi connectivity index (χ1v) is 10.2. The van der Waals surface area contributed by atoms with Gasteiger partial charge in [0, 0.05) is 58.1 Å². The molecule has 1 atom stereocenters. The number of pyridine rings is 1. The predicted octanol–water partition coefficient (Wildman–Crippen LogP) is 1.50. The number of ether oxygens (including phenoxy) is 2. The lowest BCUT2D eigenvalue weighted by Gasteiger charge is -2.34. The first-order valence-electron chi connectivity index (χ1n) is 10.2. The summed E-state index contributed by atoms with van der Waals surface area (Å²) < 4.78 is 13.3. The summed E-state index contributed by atoms with van der Waals surface area (Å²) in [7, 11) is 1.93. The molecule has 0 bridgehead atoms. The van der Waals surface area contributed by atoms with E-state index >= 15 is 0 Å². The Labute approximate surface area is 171 Å². The molecule has 2 aliphatic heterocycles. The van der Waals surface area contributed by atoms with Gasteiger partial charge in [-0.05, 0) is 5.56 Å². The fraction of sp³-hybridized carbons (Fsp3) is 0.500. The maximum Gasteiger partial charge on any atom is 0.223 e. The highest BCUT2D eigenvalue weighted by atomic mass is 16.5. The van der Waals surface area contributed by atoms with Crippen LogP contribution < -0.4 is 5.43 Å². The number of hydrogen-bond donors (Lipinski definition) is 1. The number of benzene rings is 1. The third-order valence-electron chi connectivity index (χ3n) is 5.82. The van der Waals surface area contributed by atoms with Gasteiger partial charge in [-0.25, -0.2) is 0 Å². The Hall–Kier alpha value is -2.19. The Morgan fingerprint density at radius 3 is 2.52 bits per heavy atom. The van der Waals surface area contributed by atoms with Crippen LogP contribution in [0, 0.1) is 0 Å². The van der Waals surface area contributed by atoms with Gasteiger partial charge in [-0.3, -0.25) is 14.6 Å². The smallest absolute Gasteiger partial charge is 0.223 e.